The van der Waals surface area contributed by atoms with Gasteiger partial charge in [0.25, 0.3) is 5.91 Å². The van der Waals surface area contributed by atoms with E-state index in [4.69, 9.17) is 4.74 Å². The number of anilines is 3. The zero-order valence-corrected chi connectivity index (χ0v) is 21.9. The Morgan fingerprint density at radius 2 is 1.90 bits per heavy atom. The number of hydrogen-bond acceptors (Lipinski definition) is 5. The zero-order valence-electron chi connectivity index (χ0n) is 21.9. The van der Waals surface area contributed by atoms with E-state index in [1.165, 1.54) is 0 Å². The first-order valence-corrected chi connectivity index (χ1v) is 12.8. The SMILES string of the molecule is COc1cccc(Nc2cc(NCCC(F)(F)F)c3ncn(-c4ccc(C(=O)NC5CC5)c(C)c4)c3c2)c1C. The van der Waals surface area contributed by atoms with E-state index < -0.39 is 12.6 Å². The Balaban J connectivity index is 1.53. The number of aryl methyl sites for hydroxylation is 1. The van der Waals surface area contributed by atoms with Gasteiger partial charge in [-0.05, 0) is 74.7 Å². The maximum atomic E-state index is 12.9. The van der Waals surface area contributed by atoms with Crippen molar-refractivity contribution in [1.29, 1.82) is 0 Å². The van der Waals surface area contributed by atoms with Crippen LogP contribution in [0.5, 0.6) is 5.75 Å². The smallest absolute Gasteiger partial charge is 0.390 e. The lowest BCUT2D eigenvalue weighted by molar-refractivity contribution is -0.131. The first-order valence-electron chi connectivity index (χ1n) is 12.8. The molecule has 3 N–H and O–H groups in total. The highest BCUT2D eigenvalue weighted by molar-refractivity contribution is 5.97. The fourth-order valence-electron chi connectivity index (χ4n) is 4.54. The standard InChI is InChI=1S/C29H30F3N5O2/c1-17-13-21(9-10-22(17)28(38)36-19-7-8-19)37-16-34-27-24(33-12-11-29(30,31)32)14-20(15-25(27)37)35-23-5-4-6-26(39-3)18(23)2/h4-6,9-10,13-16,19,33,35H,7-8,11-12H2,1-3H3,(H,36,38). The number of fused-ring (bicyclic) bond motifs is 1. The van der Waals surface area contributed by atoms with Crippen LogP contribution in [0.25, 0.3) is 16.7 Å². The lowest BCUT2D eigenvalue weighted by Gasteiger charge is -2.16. The van der Waals surface area contributed by atoms with Crippen molar-refractivity contribution in [2.75, 3.05) is 24.3 Å². The number of hydrogen-bond donors (Lipinski definition) is 3. The fraction of sp³-hybridized carbons (Fsp3) is 0.310. The quantitative estimate of drug-likeness (QED) is 0.223. The van der Waals surface area contributed by atoms with Gasteiger partial charge in [-0.2, -0.15) is 13.2 Å². The van der Waals surface area contributed by atoms with E-state index in [2.05, 4.69) is 20.9 Å². The molecule has 1 aromatic heterocycles. The predicted molar refractivity (Wildman–Crippen MR) is 146 cm³/mol. The van der Waals surface area contributed by atoms with Gasteiger partial charge >= 0.3 is 6.18 Å². The molecule has 4 aromatic rings. The van der Waals surface area contributed by atoms with Crippen LogP contribution in [0.2, 0.25) is 0 Å². The molecule has 204 valence electrons. The van der Waals surface area contributed by atoms with Gasteiger partial charge in [0.05, 0.1) is 24.7 Å². The third-order valence-electron chi connectivity index (χ3n) is 6.80. The molecule has 0 bridgehead atoms. The summed E-state index contributed by atoms with van der Waals surface area (Å²) in [4.78, 5) is 17.1. The van der Waals surface area contributed by atoms with Crippen LogP contribution in [0, 0.1) is 13.8 Å². The largest absolute Gasteiger partial charge is 0.496 e. The van der Waals surface area contributed by atoms with Gasteiger partial charge < -0.3 is 20.7 Å². The van der Waals surface area contributed by atoms with Gasteiger partial charge in [-0.25, -0.2) is 4.98 Å². The molecule has 1 fully saturated rings. The van der Waals surface area contributed by atoms with Crippen molar-refractivity contribution in [1.82, 2.24) is 14.9 Å². The van der Waals surface area contributed by atoms with E-state index in [-0.39, 0.29) is 18.5 Å². The van der Waals surface area contributed by atoms with Crippen molar-refractivity contribution in [2.45, 2.75) is 45.3 Å². The minimum atomic E-state index is -4.27. The van der Waals surface area contributed by atoms with Gasteiger partial charge in [0.15, 0.2) is 0 Å². The van der Waals surface area contributed by atoms with Crippen LogP contribution >= 0.6 is 0 Å². The number of rotatable bonds is 9. The Hall–Kier alpha value is -4.21. The Labute approximate surface area is 224 Å². The van der Waals surface area contributed by atoms with Gasteiger partial charge in [0, 0.05) is 40.8 Å². The fourth-order valence-corrected chi connectivity index (χ4v) is 4.54. The lowest BCUT2D eigenvalue weighted by Crippen LogP contribution is -2.26. The highest BCUT2D eigenvalue weighted by Gasteiger charge is 2.27. The third-order valence-corrected chi connectivity index (χ3v) is 6.80. The normalized spacial score (nSPS) is 13.4. The van der Waals surface area contributed by atoms with Gasteiger partial charge in [-0.3, -0.25) is 9.36 Å². The van der Waals surface area contributed by atoms with Crippen molar-refractivity contribution in [3.05, 3.63) is 71.5 Å². The topological polar surface area (TPSA) is 80.2 Å². The number of carbonyl (C=O) groups excluding carboxylic acids is 1. The highest BCUT2D eigenvalue weighted by Crippen LogP contribution is 2.34. The maximum Gasteiger partial charge on any atom is 0.390 e. The summed E-state index contributed by atoms with van der Waals surface area (Å²) < 4.78 is 45.9. The summed E-state index contributed by atoms with van der Waals surface area (Å²) in [5, 5.41) is 9.31. The van der Waals surface area contributed by atoms with Crippen LogP contribution in [0.15, 0.2) is 54.9 Å². The van der Waals surface area contributed by atoms with Crippen molar-refractivity contribution >= 4 is 34.0 Å². The molecule has 0 aliphatic heterocycles. The summed E-state index contributed by atoms with van der Waals surface area (Å²) in [5.74, 6) is 0.629. The maximum absolute atomic E-state index is 12.9. The molecule has 1 heterocycles. The molecule has 5 rings (SSSR count). The second-order valence-corrected chi connectivity index (χ2v) is 9.80. The van der Waals surface area contributed by atoms with Crippen LogP contribution in [0.3, 0.4) is 0 Å². The predicted octanol–water partition coefficient (Wildman–Crippen LogP) is 6.65. The first kappa shape index (κ1) is 26.4. The highest BCUT2D eigenvalue weighted by atomic mass is 19.4. The van der Waals surface area contributed by atoms with Gasteiger partial charge in [0.1, 0.15) is 17.6 Å². The molecule has 3 aromatic carbocycles. The Morgan fingerprint density at radius 1 is 1.10 bits per heavy atom. The second-order valence-electron chi connectivity index (χ2n) is 9.80. The van der Waals surface area contributed by atoms with Crippen LogP contribution in [-0.4, -0.2) is 41.3 Å². The van der Waals surface area contributed by atoms with E-state index in [1.54, 1.807) is 25.6 Å². The van der Waals surface area contributed by atoms with E-state index in [0.717, 1.165) is 41.1 Å². The molecule has 1 saturated carbocycles. The van der Waals surface area contributed by atoms with Crippen LogP contribution in [-0.2, 0) is 0 Å². The average Bonchev–Trinajstić information content (AvgIpc) is 3.59. The van der Waals surface area contributed by atoms with Crippen LogP contribution in [0.4, 0.5) is 30.2 Å². The molecule has 0 saturated heterocycles. The van der Waals surface area contributed by atoms with Crippen molar-refractivity contribution in [3.8, 4) is 11.4 Å². The molecule has 1 aliphatic carbocycles. The first-order chi connectivity index (χ1) is 18.6. The molecular formula is C29H30F3N5O2. The molecule has 1 aliphatic rings. The summed E-state index contributed by atoms with van der Waals surface area (Å²) in [6.45, 7) is 3.53. The number of aromatic nitrogens is 2. The summed E-state index contributed by atoms with van der Waals surface area (Å²) in [7, 11) is 1.60. The summed E-state index contributed by atoms with van der Waals surface area (Å²) in [6, 6.07) is 15.1. The molecule has 39 heavy (non-hydrogen) atoms. The number of imidazole rings is 1. The molecule has 0 radical (unpaired) electrons. The Bertz CT molecular complexity index is 1530. The van der Waals surface area contributed by atoms with Crippen molar-refractivity contribution < 1.29 is 22.7 Å². The van der Waals surface area contributed by atoms with E-state index >= 15 is 0 Å². The minimum Gasteiger partial charge on any atom is -0.496 e. The van der Waals surface area contributed by atoms with E-state index in [1.807, 2.05) is 54.8 Å². The second kappa shape index (κ2) is 10.5. The number of ether oxygens (including phenoxy) is 1. The van der Waals surface area contributed by atoms with Crippen molar-refractivity contribution in [3.63, 3.8) is 0 Å². The number of halogens is 3. The monoisotopic (exact) mass is 537 g/mol. The van der Waals surface area contributed by atoms with Crippen molar-refractivity contribution in [2.24, 2.45) is 0 Å². The van der Waals surface area contributed by atoms with Crippen LogP contribution in [0.1, 0.15) is 40.7 Å². The van der Waals surface area contributed by atoms with E-state index in [0.29, 0.717) is 28.0 Å². The number of methoxy groups -OCH3 is 1. The summed E-state index contributed by atoms with van der Waals surface area (Å²) in [6.07, 6.45) is -1.59. The summed E-state index contributed by atoms with van der Waals surface area (Å²) >= 11 is 0. The molecule has 0 atom stereocenters. The number of benzene rings is 3. The molecule has 7 nitrogen and oxygen atoms in total. The van der Waals surface area contributed by atoms with Gasteiger partial charge in [0.2, 0.25) is 0 Å². The Morgan fingerprint density at radius 3 is 2.59 bits per heavy atom. The number of nitrogens with one attached hydrogen (secondary N) is 3. The van der Waals surface area contributed by atoms with Gasteiger partial charge in [-0.15, -0.1) is 0 Å². The number of nitrogens with zero attached hydrogens (tertiary/aromatic N) is 2. The van der Waals surface area contributed by atoms with Crippen LogP contribution < -0.4 is 20.7 Å². The molecule has 1 amide bonds. The number of amides is 1. The Kier molecular flexibility index (Phi) is 7.12. The van der Waals surface area contributed by atoms with E-state index in [9.17, 15) is 18.0 Å². The lowest BCUT2D eigenvalue weighted by atomic mass is 10.1. The van der Waals surface area contributed by atoms with Gasteiger partial charge in [-0.1, -0.05) is 6.07 Å². The third kappa shape index (κ3) is 5.94. The average molecular weight is 538 g/mol. The number of alkyl halides is 3. The number of carbonyl (C=O) groups is 1. The summed E-state index contributed by atoms with van der Waals surface area (Å²) in [5.41, 5.74) is 6.32. The molecule has 0 unspecified atom stereocenters. The molecule has 10 heteroatoms. The molecule has 0 spiro atoms. The molecular weight excluding hydrogens is 507 g/mol. The zero-order chi connectivity index (χ0) is 27.7. The minimum absolute atomic E-state index is 0.0895.